The summed E-state index contributed by atoms with van der Waals surface area (Å²) in [6, 6.07) is 13.6. The number of carbonyl (C=O) groups is 1. The van der Waals surface area contributed by atoms with E-state index in [1.807, 2.05) is 42.5 Å². The predicted octanol–water partition coefficient (Wildman–Crippen LogP) is 2.14. The first-order valence-corrected chi connectivity index (χ1v) is 6.09. The Kier molecular flexibility index (Phi) is 4.36. The molecule has 0 aliphatic carbocycles. The molecule has 0 aliphatic rings. The average molecular weight is 260 g/mol. The summed E-state index contributed by atoms with van der Waals surface area (Å²) in [5.41, 5.74) is 0. The minimum absolute atomic E-state index is 0.0555. The van der Waals surface area contributed by atoms with Gasteiger partial charge in [-0.3, -0.25) is 4.79 Å². The first-order chi connectivity index (χ1) is 9.16. The van der Waals surface area contributed by atoms with Crippen LogP contribution in [0.1, 0.15) is 6.92 Å². The van der Waals surface area contributed by atoms with Gasteiger partial charge in [-0.2, -0.15) is 0 Å². The van der Waals surface area contributed by atoms with E-state index in [4.69, 9.17) is 9.47 Å². The number of hydrogen-bond acceptors (Lipinski definition) is 4. The van der Waals surface area contributed by atoms with Gasteiger partial charge in [0.1, 0.15) is 25.1 Å². The second-order valence-electron chi connectivity index (χ2n) is 4.24. The normalized spacial score (nSPS) is 12.1. The molecule has 0 heterocycles. The van der Waals surface area contributed by atoms with Gasteiger partial charge in [-0.15, -0.1) is 0 Å². The maximum absolute atomic E-state index is 10.6. The van der Waals surface area contributed by atoms with E-state index in [1.165, 1.54) is 6.92 Å². The molecule has 19 heavy (non-hydrogen) atoms. The van der Waals surface area contributed by atoms with Crippen LogP contribution in [0, 0.1) is 0 Å². The average Bonchev–Trinajstić information content (AvgIpc) is 2.42. The molecule has 2 rings (SSSR count). The SMILES string of the molecule is CC(=O)OCC(O)COc1cccc2ccccc12. The first-order valence-electron chi connectivity index (χ1n) is 6.09. The molecule has 0 fully saturated rings. The molecular weight excluding hydrogens is 244 g/mol. The molecule has 0 saturated heterocycles. The number of rotatable bonds is 5. The Morgan fingerprint density at radius 2 is 1.89 bits per heavy atom. The summed E-state index contributed by atoms with van der Waals surface area (Å²) in [5, 5.41) is 11.7. The fourth-order valence-corrected chi connectivity index (χ4v) is 1.77. The van der Waals surface area contributed by atoms with Crippen molar-refractivity contribution in [2.75, 3.05) is 13.2 Å². The predicted molar refractivity (Wildman–Crippen MR) is 72.1 cm³/mol. The largest absolute Gasteiger partial charge is 0.490 e. The lowest BCUT2D eigenvalue weighted by molar-refractivity contribution is -0.144. The van der Waals surface area contributed by atoms with Crippen LogP contribution in [-0.2, 0) is 9.53 Å². The molecule has 0 bridgehead atoms. The van der Waals surface area contributed by atoms with Crippen molar-refractivity contribution < 1.29 is 19.4 Å². The minimum atomic E-state index is -0.831. The lowest BCUT2D eigenvalue weighted by Gasteiger charge is -2.13. The molecule has 1 N–H and O–H groups in total. The van der Waals surface area contributed by atoms with Crippen LogP contribution in [0.5, 0.6) is 5.75 Å². The lowest BCUT2D eigenvalue weighted by Crippen LogP contribution is -2.24. The summed E-state index contributed by atoms with van der Waals surface area (Å²) in [5.74, 6) is 0.296. The van der Waals surface area contributed by atoms with Crippen molar-refractivity contribution in [3.05, 3.63) is 42.5 Å². The van der Waals surface area contributed by atoms with Crippen molar-refractivity contribution in [3.8, 4) is 5.75 Å². The lowest BCUT2D eigenvalue weighted by atomic mass is 10.1. The van der Waals surface area contributed by atoms with Gasteiger partial charge in [0.25, 0.3) is 0 Å². The van der Waals surface area contributed by atoms with Gasteiger partial charge in [0.05, 0.1) is 0 Å². The standard InChI is InChI=1S/C15H16O4/c1-11(16)18-9-13(17)10-19-15-8-4-6-12-5-2-3-7-14(12)15/h2-8,13,17H,9-10H2,1H3. The fourth-order valence-electron chi connectivity index (χ4n) is 1.77. The van der Waals surface area contributed by atoms with E-state index >= 15 is 0 Å². The van der Waals surface area contributed by atoms with Crippen LogP contribution in [0.4, 0.5) is 0 Å². The molecular formula is C15H16O4. The van der Waals surface area contributed by atoms with Crippen molar-refractivity contribution in [1.29, 1.82) is 0 Å². The third-order valence-electron chi connectivity index (χ3n) is 2.66. The van der Waals surface area contributed by atoms with E-state index in [0.29, 0.717) is 5.75 Å². The van der Waals surface area contributed by atoms with Gasteiger partial charge in [-0.25, -0.2) is 0 Å². The number of aliphatic hydroxyl groups excluding tert-OH is 1. The maximum atomic E-state index is 10.6. The monoisotopic (exact) mass is 260 g/mol. The zero-order chi connectivity index (χ0) is 13.7. The molecule has 4 heteroatoms. The number of hydrogen-bond donors (Lipinski definition) is 1. The topological polar surface area (TPSA) is 55.8 Å². The Bertz CT molecular complexity index is 560. The van der Waals surface area contributed by atoms with E-state index in [1.54, 1.807) is 0 Å². The quantitative estimate of drug-likeness (QED) is 0.837. The van der Waals surface area contributed by atoms with Crippen molar-refractivity contribution in [2.45, 2.75) is 13.0 Å². The van der Waals surface area contributed by atoms with Crippen LogP contribution in [0.25, 0.3) is 10.8 Å². The van der Waals surface area contributed by atoms with Crippen LogP contribution < -0.4 is 4.74 Å². The summed E-state index contributed by atoms with van der Waals surface area (Å²) in [7, 11) is 0. The van der Waals surface area contributed by atoms with Gasteiger partial charge in [0, 0.05) is 12.3 Å². The summed E-state index contributed by atoms with van der Waals surface area (Å²) in [6.07, 6.45) is -0.831. The van der Waals surface area contributed by atoms with Gasteiger partial charge in [0.2, 0.25) is 0 Å². The highest BCUT2D eigenvalue weighted by molar-refractivity contribution is 5.88. The molecule has 2 aromatic carbocycles. The van der Waals surface area contributed by atoms with Gasteiger partial charge in [-0.05, 0) is 11.5 Å². The highest BCUT2D eigenvalue weighted by atomic mass is 16.5. The minimum Gasteiger partial charge on any atom is -0.490 e. The smallest absolute Gasteiger partial charge is 0.302 e. The molecule has 2 aromatic rings. The molecule has 1 atom stereocenters. The Labute approximate surface area is 111 Å². The number of ether oxygens (including phenoxy) is 2. The van der Waals surface area contributed by atoms with Gasteiger partial charge in [-0.1, -0.05) is 36.4 Å². The van der Waals surface area contributed by atoms with Crippen LogP contribution in [0.15, 0.2) is 42.5 Å². The molecule has 100 valence electrons. The van der Waals surface area contributed by atoms with Crippen molar-refractivity contribution in [1.82, 2.24) is 0 Å². The summed E-state index contributed by atoms with van der Waals surface area (Å²) in [4.78, 5) is 10.6. The van der Waals surface area contributed by atoms with Gasteiger partial charge >= 0.3 is 5.97 Å². The van der Waals surface area contributed by atoms with Crippen molar-refractivity contribution in [2.24, 2.45) is 0 Å². The Morgan fingerprint density at radius 3 is 2.68 bits per heavy atom. The Morgan fingerprint density at radius 1 is 1.16 bits per heavy atom. The van der Waals surface area contributed by atoms with Crippen LogP contribution in [-0.4, -0.2) is 30.4 Å². The van der Waals surface area contributed by atoms with Crippen LogP contribution >= 0.6 is 0 Å². The molecule has 1 unspecified atom stereocenters. The third kappa shape index (κ3) is 3.69. The molecule has 0 amide bonds. The zero-order valence-corrected chi connectivity index (χ0v) is 10.7. The number of aliphatic hydroxyl groups is 1. The number of esters is 1. The van der Waals surface area contributed by atoms with Gasteiger partial charge in [0.15, 0.2) is 0 Å². The van der Waals surface area contributed by atoms with E-state index in [9.17, 15) is 9.90 Å². The number of benzene rings is 2. The van der Waals surface area contributed by atoms with E-state index in [2.05, 4.69) is 0 Å². The molecule has 0 aromatic heterocycles. The number of fused-ring (bicyclic) bond motifs is 1. The first kappa shape index (κ1) is 13.4. The van der Waals surface area contributed by atoms with E-state index in [-0.39, 0.29) is 13.2 Å². The molecule has 0 saturated carbocycles. The van der Waals surface area contributed by atoms with Crippen LogP contribution in [0.2, 0.25) is 0 Å². The molecule has 4 nitrogen and oxygen atoms in total. The fraction of sp³-hybridized carbons (Fsp3) is 0.267. The highest BCUT2D eigenvalue weighted by Crippen LogP contribution is 2.25. The summed E-state index contributed by atoms with van der Waals surface area (Å²) in [6.45, 7) is 1.33. The molecule has 0 aliphatic heterocycles. The highest BCUT2D eigenvalue weighted by Gasteiger charge is 2.08. The maximum Gasteiger partial charge on any atom is 0.302 e. The zero-order valence-electron chi connectivity index (χ0n) is 10.7. The Balaban J connectivity index is 2.00. The van der Waals surface area contributed by atoms with E-state index in [0.717, 1.165) is 10.8 Å². The molecule has 0 spiro atoms. The Hall–Kier alpha value is -2.07. The second-order valence-corrected chi connectivity index (χ2v) is 4.24. The second kappa shape index (κ2) is 6.20. The van der Waals surface area contributed by atoms with Crippen molar-refractivity contribution in [3.63, 3.8) is 0 Å². The summed E-state index contributed by atoms with van der Waals surface area (Å²) < 4.78 is 10.3. The summed E-state index contributed by atoms with van der Waals surface area (Å²) >= 11 is 0. The molecule has 0 radical (unpaired) electrons. The van der Waals surface area contributed by atoms with E-state index < -0.39 is 12.1 Å². The third-order valence-corrected chi connectivity index (χ3v) is 2.66. The van der Waals surface area contributed by atoms with Crippen molar-refractivity contribution >= 4 is 16.7 Å². The van der Waals surface area contributed by atoms with Gasteiger partial charge < -0.3 is 14.6 Å². The number of carbonyl (C=O) groups excluding carboxylic acids is 1. The van der Waals surface area contributed by atoms with Crippen LogP contribution in [0.3, 0.4) is 0 Å².